The van der Waals surface area contributed by atoms with E-state index in [0.29, 0.717) is 0 Å². The molecule has 0 heterocycles. The van der Waals surface area contributed by atoms with Gasteiger partial charge in [-0.25, -0.2) is 0 Å². The van der Waals surface area contributed by atoms with Crippen molar-refractivity contribution >= 4 is 55.4 Å². The van der Waals surface area contributed by atoms with Gasteiger partial charge in [0.2, 0.25) is 0 Å². The normalized spacial score (nSPS) is 12.4. The maximum atomic E-state index is 13.8. The van der Waals surface area contributed by atoms with Crippen molar-refractivity contribution in [2.75, 3.05) is 0 Å². The summed E-state index contributed by atoms with van der Waals surface area (Å²) in [4.78, 5) is 0. The Kier molecular flexibility index (Phi) is 12.0. The van der Waals surface area contributed by atoms with E-state index < -0.39 is 7.14 Å². The predicted molar refractivity (Wildman–Crippen MR) is 212 cm³/mol. The number of benzene rings is 8. The van der Waals surface area contributed by atoms with Gasteiger partial charge in [-0.2, -0.15) is 0 Å². The molecule has 0 aliphatic carbocycles. The van der Waals surface area contributed by atoms with Crippen molar-refractivity contribution in [3.63, 3.8) is 0 Å². The molecule has 0 fully saturated rings. The molecule has 0 amide bonds. The average Bonchev–Trinajstić information content (AvgIpc) is 3.19. The topological polar surface area (TPSA) is 17.1 Å². The van der Waals surface area contributed by atoms with Crippen LogP contribution in [0.1, 0.15) is 29.4 Å². The zero-order valence-corrected chi connectivity index (χ0v) is 31.2. The Hall–Kier alpha value is -3.65. The van der Waals surface area contributed by atoms with Crippen LogP contribution in [0, 0.1) is 63.2 Å². The van der Waals surface area contributed by atoms with Crippen molar-refractivity contribution in [3.8, 4) is 0 Å². The molecule has 8 aromatic carbocycles. The van der Waals surface area contributed by atoms with Crippen molar-refractivity contribution in [2.45, 2.75) is 18.3 Å². The summed E-state index contributed by atoms with van der Waals surface area (Å²) >= 11 is 0. The summed E-state index contributed by atoms with van der Waals surface area (Å²) < 4.78 is 13.8. The van der Waals surface area contributed by atoms with E-state index in [4.69, 9.17) is 0 Å². The summed E-state index contributed by atoms with van der Waals surface area (Å²) in [5, 5.41) is 10.5. The van der Waals surface area contributed by atoms with Crippen LogP contribution in [0.15, 0.2) is 188 Å². The molecule has 2 unspecified atom stereocenters. The second kappa shape index (κ2) is 16.6. The van der Waals surface area contributed by atoms with Gasteiger partial charge in [0.15, 0.2) is 7.14 Å². The largest absolute Gasteiger partial charge is 2.00 e. The molecule has 0 aliphatic heterocycles. The molecule has 0 bridgehead atoms. The summed E-state index contributed by atoms with van der Waals surface area (Å²) in [5.74, 6) is 0.440. The molecule has 3 heteroatoms. The van der Waals surface area contributed by atoms with Crippen LogP contribution in [0.4, 0.5) is 0 Å². The molecule has 1 radical (unpaired) electrons. The van der Waals surface area contributed by atoms with E-state index in [1.807, 2.05) is 91.0 Å². The fraction of sp³-hybridized carbons (Fsp3) is 0.0638. The average molecular weight is 803 g/mol. The van der Waals surface area contributed by atoms with Crippen molar-refractivity contribution in [1.29, 1.82) is 0 Å². The SMILES string of the molecule is O=P(c1ccccc1)(c1ccccc1)c1ccccc1.[CH2-]C(CC([CH2-])c1ccc2c3ccccc3c3ccccc3c2c1)c1ccccc1.[Eu+2]. The number of hydrogen-bond donors (Lipinski definition) is 0. The first kappa shape index (κ1) is 36.2. The molecule has 0 aromatic heterocycles. The van der Waals surface area contributed by atoms with Crippen LogP contribution >= 0.6 is 7.14 Å². The molecule has 2 atom stereocenters. The molecule has 0 spiro atoms. The van der Waals surface area contributed by atoms with Gasteiger partial charge in [0.05, 0.1) is 0 Å². The Balaban J connectivity index is 0.000000181. The summed E-state index contributed by atoms with van der Waals surface area (Å²) in [6.07, 6.45) is 0.932. The first-order valence-corrected chi connectivity index (χ1v) is 18.6. The Morgan fingerprint density at radius 1 is 0.380 bits per heavy atom. The Morgan fingerprint density at radius 2 is 0.700 bits per heavy atom. The Morgan fingerprint density at radius 3 is 1.12 bits per heavy atom. The van der Waals surface area contributed by atoms with E-state index in [2.05, 4.69) is 111 Å². The van der Waals surface area contributed by atoms with Crippen LogP contribution in [0.25, 0.3) is 32.3 Å². The fourth-order valence-corrected chi connectivity index (χ4v) is 9.55. The predicted octanol–water partition coefficient (Wildman–Crippen LogP) is 11.4. The molecule has 1 nitrogen and oxygen atoms in total. The molecule has 0 N–H and O–H groups in total. The van der Waals surface area contributed by atoms with Crippen LogP contribution < -0.4 is 15.9 Å². The smallest absolute Gasteiger partial charge is 0.336 e. The minimum absolute atomic E-state index is 0. The third-order valence-electron chi connectivity index (χ3n) is 9.44. The van der Waals surface area contributed by atoms with E-state index in [9.17, 15) is 4.57 Å². The van der Waals surface area contributed by atoms with Crippen LogP contribution in [-0.4, -0.2) is 0 Å². The van der Waals surface area contributed by atoms with Gasteiger partial charge in [-0.3, -0.25) is 0 Å². The van der Waals surface area contributed by atoms with Crippen LogP contribution in [0.2, 0.25) is 0 Å². The minimum Gasteiger partial charge on any atom is -0.336 e. The Labute approximate surface area is 337 Å². The monoisotopic (exact) mass is 803 g/mol. The maximum absolute atomic E-state index is 13.8. The third-order valence-corrected chi connectivity index (χ3v) is 12.5. The van der Waals surface area contributed by atoms with Gasteiger partial charge < -0.3 is 18.4 Å². The second-order valence-corrected chi connectivity index (χ2v) is 15.3. The van der Waals surface area contributed by atoms with Gasteiger partial charge in [-0.15, -0.1) is 11.8 Å². The van der Waals surface area contributed by atoms with E-state index >= 15 is 0 Å². The quantitative estimate of drug-likeness (QED) is 0.0891. The van der Waals surface area contributed by atoms with Crippen LogP contribution in [-0.2, 0) is 4.57 Å². The molecular formula is C47H39EuOP. The fourth-order valence-electron chi connectivity index (χ4n) is 6.88. The first-order valence-electron chi connectivity index (χ1n) is 16.8. The molecular weight excluding hydrogens is 763 g/mol. The zero-order valence-electron chi connectivity index (χ0n) is 27.9. The Bertz CT molecular complexity index is 2220. The standard InChI is InChI=1S/C29H24.C18H15OP.Eu/c1-20(22-10-4-3-5-11-22)18-21(2)23-16-17-28-26-14-7-6-12-24(26)25-13-8-9-15-27(25)29(28)19-23;19-20(16-10-4-1-5-11-16,17-12-6-2-7-13-17)18-14-8-3-9-15-18;/h3-17,19-21H,1-2,18H2;1-15H;/q-2;;+2. The van der Waals surface area contributed by atoms with Gasteiger partial charge in [0, 0.05) is 15.9 Å². The van der Waals surface area contributed by atoms with Gasteiger partial charge in [-0.05, 0) is 32.3 Å². The number of hydrogen-bond acceptors (Lipinski definition) is 1. The van der Waals surface area contributed by atoms with Crippen molar-refractivity contribution in [3.05, 3.63) is 213 Å². The van der Waals surface area contributed by atoms with Gasteiger partial charge in [0.25, 0.3) is 0 Å². The van der Waals surface area contributed by atoms with Gasteiger partial charge >= 0.3 is 49.4 Å². The molecule has 0 saturated heterocycles. The van der Waals surface area contributed by atoms with Crippen molar-refractivity contribution < 1.29 is 53.9 Å². The summed E-state index contributed by atoms with van der Waals surface area (Å²) in [6, 6.07) is 64.0. The van der Waals surface area contributed by atoms with Crippen molar-refractivity contribution in [1.82, 2.24) is 0 Å². The van der Waals surface area contributed by atoms with E-state index in [-0.39, 0.29) is 61.2 Å². The zero-order chi connectivity index (χ0) is 33.6. The molecule has 8 aromatic rings. The molecule has 245 valence electrons. The van der Waals surface area contributed by atoms with Gasteiger partial charge in [0.1, 0.15) is 0 Å². The first-order chi connectivity index (χ1) is 24.0. The molecule has 50 heavy (non-hydrogen) atoms. The summed E-state index contributed by atoms with van der Waals surface area (Å²) in [7, 11) is -2.78. The van der Waals surface area contributed by atoms with Crippen LogP contribution in [0.5, 0.6) is 0 Å². The summed E-state index contributed by atoms with van der Waals surface area (Å²) in [6.45, 7) is 8.87. The number of fused-ring (bicyclic) bond motifs is 6. The molecule has 0 aliphatic rings. The molecule has 0 saturated carbocycles. The van der Waals surface area contributed by atoms with E-state index in [1.54, 1.807) is 0 Å². The second-order valence-electron chi connectivity index (χ2n) is 12.6. The number of rotatable bonds is 7. The van der Waals surface area contributed by atoms with E-state index in [0.717, 1.165) is 22.3 Å². The van der Waals surface area contributed by atoms with Crippen molar-refractivity contribution in [2.24, 2.45) is 0 Å². The van der Waals surface area contributed by atoms with Gasteiger partial charge in [-0.1, -0.05) is 206 Å². The molecule has 8 rings (SSSR count). The van der Waals surface area contributed by atoms with E-state index in [1.165, 1.54) is 43.4 Å². The summed E-state index contributed by atoms with van der Waals surface area (Å²) in [5.41, 5.74) is 2.56. The minimum atomic E-state index is -2.78. The van der Waals surface area contributed by atoms with Crippen LogP contribution in [0.3, 0.4) is 0 Å². The third kappa shape index (κ3) is 7.51. The maximum Gasteiger partial charge on any atom is 2.00 e.